The Labute approximate surface area is 179 Å². The van der Waals surface area contributed by atoms with E-state index in [1.54, 1.807) is 30.2 Å². The van der Waals surface area contributed by atoms with E-state index in [0.717, 1.165) is 10.9 Å². The van der Waals surface area contributed by atoms with Crippen molar-refractivity contribution in [3.63, 3.8) is 0 Å². The lowest BCUT2D eigenvalue weighted by atomic mass is 10.1. The number of alkyl halides is 3. The quantitative estimate of drug-likeness (QED) is 0.472. The fraction of sp³-hybridized carbons (Fsp3) is 0.250. The Morgan fingerprint density at radius 3 is 2.81 bits per heavy atom. The number of H-pyrrole nitrogens is 1. The molecule has 3 aromatic heterocycles. The molecule has 0 unspecified atom stereocenters. The molecular formula is C20H18F3N7O2. The van der Waals surface area contributed by atoms with Crippen LogP contribution in [0, 0.1) is 0 Å². The number of aryl methyl sites for hydroxylation is 1. The van der Waals surface area contributed by atoms with Gasteiger partial charge in [0, 0.05) is 30.6 Å². The highest BCUT2D eigenvalue weighted by Crippen LogP contribution is 2.26. The van der Waals surface area contributed by atoms with Gasteiger partial charge < -0.3 is 10.1 Å². The van der Waals surface area contributed by atoms with Crippen LogP contribution in [0.4, 0.5) is 13.2 Å². The van der Waals surface area contributed by atoms with E-state index in [1.807, 2.05) is 11.4 Å². The van der Waals surface area contributed by atoms with E-state index >= 15 is 0 Å². The van der Waals surface area contributed by atoms with Crippen molar-refractivity contribution in [2.24, 2.45) is 7.05 Å². The lowest BCUT2D eigenvalue weighted by molar-refractivity contribution is -0.123. The topological polar surface area (TPSA) is 111 Å². The number of nitrogens with one attached hydrogen (secondary N) is 2. The fourth-order valence-electron chi connectivity index (χ4n) is 3.15. The second kappa shape index (κ2) is 8.29. The molecule has 32 heavy (non-hydrogen) atoms. The lowest BCUT2D eigenvalue weighted by Crippen LogP contribution is -2.33. The number of aromatic amines is 1. The van der Waals surface area contributed by atoms with Crippen molar-refractivity contribution < 1.29 is 22.7 Å². The number of hydrogen-bond acceptors (Lipinski definition) is 6. The maximum Gasteiger partial charge on any atom is 0.405 e. The van der Waals surface area contributed by atoms with Gasteiger partial charge in [-0.3, -0.25) is 14.6 Å². The average Bonchev–Trinajstić information content (AvgIpc) is 3.37. The third kappa shape index (κ3) is 4.53. The Kier molecular flexibility index (Phi) is 5.51. The zero-order chi connectivity index (χ0) is 22.9. The van der Waals surface area contributed by atoms with Gasteiger partial charge in [-0.1, -0.05) is 6.07 Å². The van der Waals surface area contributed by atoms with Crippen LogP contribution < -0.4 is 10.1 Å². The summed E-state index contributed by atoms with van der Waals surface area (Å²) in [5.41, 5.74) is 2.16. The first-order valence-corrected chi connectivity index (χ1v) is 9.45. The molecule has 3 heterocycles. The normalized spacial score (nSPS) is 11.7. The van der Waals surface area contributed by atoms with Crippen molar-refractivity contribution in [1.29, 1.82) is 0 Å². The van der Waals surface area contributed by atoms with Crippen LogP contribution in [-0.2, 0) is 13.5 Å². The van der Waals surface area contributed by atoms with E-state index < -0.39 is 18.6 Å². The van der Waals surface area contributed by atoms with Crippen LogP contribution in [0.1, 0.15) is 21.7 Å². The highest BCUT2D eigenvalue weighted by molar-refractivity contribution is 5.97. The van der Waals surface area contributed by atoms with Crippen LogP contribution in [0.5, 0.6) is 5.75 Å². The Bertz CT molecular complexity index is 1280. The Hall–Kier alpha value is -3.96. The SMILES string of the molecule is COc1cc(-c2nc(Cc3cnc4[nH]ncc4c3)n(C)n2)ccc1C(=O)NCC(F)(F)F. The molecule has 4 aromatic rings. The molecule has 0 spiro atoms. The van der Waals surface area contributed by atoms with Crippen molar-refractivity contribution in [2.75, 3.05) is 13.7 Å². The third-order valence-electron chi connectivity index (χ3n) is 4.72. The number of methoxy groups -OCH3 is 1. The summed E-state index contributed by atoms with van der Waals surface area (Å²) >= 11 is 0. The number of aromatic nitrogens is 6. The van der Waals surface area contributed by atoms with Crippen molar-refractivity contribution in [3.8, 4) is 17.1 Å². The number of rotatable bonds is 6. The zero-order valence-corrected chi connectivity index (χ0v) is 17.1. The number of benzene rings is 1. The molecule has 0 bridgehead atoms. The van der Waals surface area contributed by atoms with Gasteiger partial charge in [-0.05, 0) is 23.8 Å². The van der Waals surface area contributed by atoms with Crippen molar-refractivity contribution in [1.82, 2.24) is 35.3 Å². The predicted octanol–water partition coefficient (Wildman–Crippen LogP) is 2.64. The van der Waals surface area contributed by atoms with E-state index in [0.29, 0.717) is 29.3 Å². The highest BCUT2D eigenvalue weighted by Gasteiger charge is 2.28. The molecule has 0 fully saturated rings. The Morgan fingerprint density at radius 2 is 2.06 bits per heavy atom. The van der Waals surface area contributed by atoms with Crippen molar-refractivity contribution in [3.05, 3.63) is 53.6 Å². The van der Waals surface area contributed by atoms with Crippen LogP contribution in [0.25, 0.3) is 22.4 Å². The number of halogens is 3. The third-order valence-corrected chi connectivity index (χ3v) is 4.72. The molecule has 0 aliphatic rings. The molecule has 0 radical (unpaired) electrons. The smallest absolute Gasteiger partial charge is 0.405 e. The number of pyridine rings is 1. The van der Waals surface area contributed by atoms with E-state index in [2.05, 4.69) is 25.3 Å². The first-order valence-electron chi connectivity index (χ1n) is 9.45. The van der Waals surface area contributed by atoms with Crippen molar-refractivity contribution >= 4 is 16.9 Å². The van der Waals surface area contributed by atoms with E-state index in [4.69, 9.17) is 4.74 Å². The van der Waals surface area contributed by atoms with Crippen molar-refractivity contribution in [2.45, 2.75) is 12.6 Å². The summed E-state index contributed by atoms with van der Waals surface area (Å²) < 4.78 is 44.0. The standard InChI is InChI=1S/C20H18F3N7O2/c1-30-16(6-11-5-13-9-26-28-17(13)24-8-11)27-18(29-30)12-3-4-14(15(7-12)32-2)19(31)25-10-20(21,22)23/h3-5,7-9H,6,10H2,1-2H3,(H,25,31)(H,24,26,28). The molecule has 1 aromatic carbocycles. The van der Waals surface area contributed by atoms with E-state index in [-0.39, 0.29) is 11.3 Å². The summed E-state index contributed by atoms with van der Waals surface area (Å²) in [6, 6.07) is 6.41. The maximum absolute atomic E-state index is 12.4. The highest BCUT2D eigenvalue weighted by atomic mass is 19.4. The first kappa shape index (κ1) is 21.3. The first-order chi connectivity index (χ1) is 15.2. The number of hydrogen-bond donors (Lipinski definition) is 2. The predicted molar refractivity (Wildman–Crippen MR) is 108 cm³/mol. The van der Waals surface area contributed by atoms with Gasteiger partial charge in [0.25, 0.3) is 5.91 Å². The molecule has 1 amide bonds. The number of nitrogens with zero attached hydrogens (tertiary/aromatic N) is 5. The molecule has 9 nitrogen and oxygen atoms in total. The summed E-state index contributed by atoms with van der Waals surface area (Å²) in [6.07, 6.45) is -0.611. The molecule has 4 rings (SSSR count). The molecule has 12 heteroatoms. The van der Waals surface area contributed by atoms with Gasteiger partial charge >= 0.3 is 6.18 Å². The number of amides is 1. The van der Waals surface area contributed by atoms with Crippen LogP contribution in [-0.4, -0.2) is 55.7 Å². The molecule has 0 saturated carbocycles. The minimum Gasteiger partial charge on any atom is -0.496 e. The fourth-order valence-corrected chi connectivity index (χ4v) is 3.15. The average molecular weight is 445 g/mol. The number of carbonyl (C=O) groups excluding carboxylic acids is 1. The second-order valence-electron chi connectivity index (χ2n) is 7.02. The minimum absolute atomic E-state index is 0.0175. The van der Waals surface area contributed by atoms with Crippen LogP contribution in [0.2, 0.25) is 0 Å². The summed E-state index contributed by atoms with van der Waals surface area (Å²) in [5.74, 6) is 0.296. The van der Waals surface area contributed by atoms with E-state index in [1.165, 1.54) is 19.2 Å². The van der Waals surface area contributed by atoms with Gasteiger partial charge in [0.1, 0.15) is 18.1 Å². The minimum atomic E-state index is -4.51. The van der Waals surface area contributed by atoms with Gasteiger partial charge in [0.05, 0.1) is 18.9 Å². The van der Waals surface area contributed by atoms with Crippen LogP contribution in [0.3, 0.4) is 0 Å². The molecular weight excluding hydrogens is 427 g/mol. The molecule has 0 aliphatic heterocycles. The van der Waals surface area contributed by atoms with E-state index in [9.17, 15) is 18.0 Å². The van der Waals surface area contributed by atoms with Gasteiger partial charge in [-0.15, -0.1) is 0 Å². The molecule has 0 aliphatic carbocycles. The summed E-state index contributed by atoms with van der Waals surface area (Å²) in [7, 11) is 3.09. The van der Waals surface area contributed by atoms with Gasteiger partial charge in [0.2, 0.25) is 0 Å². The number of ether oxygens (including phenoxy) is 1. The van der Waals surface area contributed by atoms with Crippen LogP contribution in [0.15, 0.2) is 36.7 Å². The Balaban J connectivity index is 1.56. The molecule has 0 saturated heterocycles. The van der Waals surface area contributed by atoms with Gasteiger partial charge in [-0.2, -0.15) is 23.4 Å². The number of carbonyl (C=O) groups is 1. The lowest BCUT2D eigenvalue weighted by Gasteiger charge is -2.11. The monoisotopic (exact) mass is 445 g/mol. The summed E-state index contributed by atoms with van der Waals surface area (Å²) in [5, 5.41) is 13.9. The van der Waals surface area contributed by atoms with Gasteiger partial charge in [-0.25, -0.2) is 9.97 Å². The molecule has 0 atom stereocenters. The Morgan fingerprint density at radius 1 is 1.25 bits per heavy atom. The number of fused-ring (bicyclic) bond motifs is 1. The zero-order valence-electron chi connectivity index (χ0n) is 17.1. The molecule has 2 N–H and O–H groups in total. The second-order valence-corrected chi connectivity index (χ2v) is 7.02. The summed E-state index contributed by atoms with van der Waals surface area (Å²) in [4.78, 5) is 21.0. The molecule has 166 valence electrons. The van der Waals surface area contributed by atoms with Gasteiger partial charge in [0.15, 0.2) is 11.5 Å². The largest absolute Gasteiger partial charge is 0.496 e. The van der Waals surface area contributed by atoms with Crippen LogP contribution >= 0.6 is 0 Å². The summed E-state index contributed by atoms with van der Waals surface area (Å²) in [6.45, 7) is -1.43. The maximum atomic E-state index is 12.4.